The number of ether oxygens (including phenoxy) is 1. The fourth-order valence-electron chi connectivity index (χ4n) is 3.35. The number of benzene rings is 2. The largest absolute Gasteiger partial charge is 0.480 e. The molecule has 0 aliphatic carbocycles. The SMILES string of the molecule is CCOC(=O)C[C@H](c1ccc([N+](=O)[O-])cc1)[C@@H](NC(=O)c1ccc(C(C)(C)C)cc1)C(=O)O. The molecule has 2 atom stereocenters. The highest BCUT2D eigenvalue weighted by atomic mass is 16.6. The Balaban J connectivity index is 2.35. The number of carboxylic acid groups (broad SMARTS) is 1. The molecule has 2 aromatic carbocycles. The highest BCUT2D eigenvalue weighted by Gasteiger charge is 2.34. The summed E-state index contributed by atoms with van der Waals surface area (Å²) in [6.07, 6.45) is -0.328. The van der Waals surface area contributed by atoms with Gasteiger partial charge in [-0.25, -0.2) is 4.79 Å². The molecule has 9 nitrogen and oxygen atoms in total. The summed E-state index contributed by atoms with van der Waals surface area (Å²) in [5.41, 5.74) is 1.35. The Morgan fingerprint density at radius 2 is 1.64 bits per heavy atom. The lowest BCUT2D eigenvalue weighted by Crippen LogP contribution is -2.45. The second-order valence-electron chi connectivity index (χ2n) is 8.58. The summed E-state index contributed by atoms with van der Waals surface area (Å²) < 4.78 is 4.97. The molecule has 0 radical (unpaired) electrons. The molecule has 0 saturated heterocycles. The summed E-state index contributed by atoms with van der Waals surface area (Å²) in [7, 11) is 0. The number of carbonyl (C=O) groups is 3. The van der Waals surface area contributed by atoms with Crippen molar-refractivity contribution in [1.82, 2.24) is 5.32 Å². The summed E-state index contributed by atoms with van der Waals surface area (Å²) in [6, 6.07) is 10.6. The van der Waals surface area contributed by atoms with Gasteiger partial charge >= 0.3 is 11.9 Å². The fraction of sp³-hybridized carbons (Fsp3) is 0.375. The number of amides is 1. The van der Waals surface area contributed by atoms with Crippen molar-refractivity contribution in [1.29, 1.82) is 0 Å². The van der Waals surface area contributed by atoms with Crippen LogP contribution in [0.15, 0.2) is 48.5 Å². The Hall–Kier alpha value is -3.75. The van der Waals surface area contributed by atoms with Gasteiger partial charge in [-0.05, 0) is 35.6 Å². The first-order valence-electron chi connectivity index (χ1n) is 10.5. The molecule has 0 aliphatic heterocycles. The lowest BCUT2D eigenvalue weighted by molar-refractivity contribution is -0.384. The van der Waals surface area contributed by atoms with Gasteiger partial charge in [0.1, 0.15) is 6.04 Å². The summed E-state index contributed by atoms with van der Waals surface area (Å²) in [5.74, 6) is -3.60. The minimum Gasteiger partial charge on any atom is -0.480 e. The third kappa shape index (κ3) is 6.86. The van der Waals surface area contributed by atoms with Crippen LogP contribution in [0.2, 0.25) is 0 Å². The maximum absolute atomic E-state index is 12.8. The molecule has 0 saturated carbocycles. The maximum Gasteiger partial charge on any atom is 0.326 e. The van der Waals surface area contributed by atoms with Crippen LogP contribution in [-0.4, -0.2) is 40.5 Å². The van der Waals surface area contributed by atoms with E-state index in [2.05, 4.69) is 5.32 Å². The van der Waals surface area contributed by atoms with Crippen LogP contribution in [-0.2, 0) is 19.7 Å². The summed E-state index contributed by atoms with van der Waals surface area (Å²) >= 11 is 0. The Bertz CT molecular complexity index is 1010. The molecular weight excluding hydrogens is 428 g/mol. The van der Waals surface area contributed by atoms with Crippen molar-refractivity contribution in [2.45, 2.75) is 51.5 Å². The van der Waals surface area contributed by atoms with Gasteiger partial charge in [-0.3, -0.25) is 19.7 Å². The van der Waals surface area contributed by atoms with E-state index in [1.165, 1.54) is 24.3 Å². The first-order chi connectivity index (χ1) is 15.4. The lowest BCUT2D eigenvalue weighted by Gasteiger charge is -2.25. The maximum atomic E-state index is 12.8. The lowest BCUT2D eigenvalue weighted by atomic mass is 9.86. The smallest absolute Gasteiger partial charge is 0.326 e. The number of non-ortho nitro benzene ring substituents is 1. The van der Waals surface area contributed by atoms with E-state index in [1.54, 1.807) is 31.2 Å². The van der Waals surface area contributed by atoms with Crippen LogP contribution in [0.4, 0.5) is 5.69 Å². The number of nitro benzene ring substituents is 1. The first kappa shape index (κ1) is 25.5. The zero-order valence-electron chi connectivity index (χ0n) is 19.0. The third-order valence-electron chi connectivity index (χ3n) is 5.19. The second-order valence-corrected chi connectivity index (χ2v) is 8.58. The molecule has 2 N–H and O–H groups in total. The molecule has 9 heteroatoms. The van der Waals surface area contributed by atoms with Crippen molar-refractivity contribution in [2.75, 3.05) is 6.61 Å². The molecule has 0 spiro atoms. The Labute approximate surface area is 191 Å². The highest BCUT2D eigenvalue weighted by Crippen LogP contribution is 2.27. The monoisotopic (exact) mass is 456 g/mol. The third-order valence-corrected chi connectivity index (χ3v) is 5.19. The van der Waals surface area contributed by atoms with Crippen LogP contribution >= 0.6 is 0 Å². The van der Waals surface area contributed by atoms with Gasteiger partial charge in [0, 0.05) is 23.6 Å². The van der Waals surface area contributed by atoms with Crippen LogP contribution in [0.5, 0.6) is 0 Å². The number of carboxylic acids is 1. The number of aliphatic carboxylic acids is 1. The van der Waals surface area contributed by atoms with E-state index >= 15 is 0 Å². The first-order valence-corrected chi connectivity index (χ1v) is 10.5. The predicted molar refractivity (Wildman–Crippen MR) is 121 cm³/mol. The molecule has 0 aromatic heterocycles. The fourth-order valence-corrected chi connectivity index (χ4v) is 3.35. The summed E-state index contributed by atoms with van der Waals surface area (Å²) in [4.78, 5) is 47.5. The minimum absolute atomic E-state index is 0.107. The van der Waals surface area contributed by atoms with Crippen LogP contribution < -0.4 is 5.32 Å². The average Bonchev–Trinajstić information content (AvgIpc) is 2.75. The quantitative estimate of drug-likeness (QED) is 0.333. The molecule has 2 aromatic rings. The summed E-state index contributed by atoms with van der Waals surface area (Å²) in [5, 5.41) is 23.3. The summed E-state index contributed by atoms with van der Waals surface area (Å²) in [6.45, 7) is 7.83. The number of esters is 1. The van der Waals surface area contributed by atoms with Crippen molar-refractivity contribution in [3.05, 3.63) is 75.3 Å². The van der Waals surface area contributed by atoms with Gasteiger partial charge in [-0.2, -0.15) is 0 Å². The van der Waals surface area contributed by atoms with Crippen molar-refractivity contribution in [3.8, 4) is 0 Å². The van der Waals surface area contributed by atoms with E-state index in [-0.39, 0.29) is 29.7 Å². The number of hydrogen-bond donors (Lipinski definition) is 2. The molecule has 2 rings (SSSR count). The number of carbonyl (C=O) groups excluding carboxylic acids is 2. The van der Waals surface area contributed by atoms with Crippen LogP contribution in [0, 0.1) is 10.1 Å². The molecular formula is C24H28N2O7. The van der Waals surface area contributed by atoms with Gasteiger partial charge in [-0.1, -0.05) is 45.0 Å². The van der Waals surface area contributed by atoms with Crippen LogP contribution in [0.1, 0.15) is 61.5 Å². The molecule has 33 heavy (non-hydrogen) atoms. The standard InChI is InChI=1S/C24H28N2O7/c1-5-33-20(27)14-19(15-8-12-18(13-9-15)26(31)32)21(23(29)30)25-22(28)16-6-10-17(11-7-16)24(2,3)4/h6-13,19,21H,5,14H2,1-4H3,(H,25,28)(H,29,30)/t19-,21-/m1/s1. The van der Waals surface area contributed by atoms with Gasteiger partial charge in [0.25, 0.3) is 11.6 Å². The number of hydrogen-bond acceptors (Lipinski definition) is 6. The number of nitrogens with one attached hydrogen (secondary N) is 1. The zero-order chi connectivity index (χ0) is 24.8. The van der Waals surface area contributed by atoms with Gasteiger partial charge in [0.15, 0.2) is 0 Å². The normalized spacial score (nSPS) is 13.0. The van der Waals surface area contributed by atoms with E-state index in [1.807, 2.05) is 20.8 Å². The van der Waals surface area contributed by atoms with Crippen LogP contribution in [0.25, 0.3) is 0 Å². The number of rotatable bonds is 9. The van der Waals surface area contributed by atoms with Crippen molar-refractivity contribution < 1.29 is 29.2 Å². The molecule has 0 unspecified atom stereocenters. The molecule has 0 aliphatic rings. The molecule has 176 valence electrons. The van der Waals surface area contributed by atoms with E-state index in [0.29, 0.717) is 5.56 Å². The average molecular weight is 456 g/mol. The zero-order valence-corrected chi connectivity index (χ0v) is 19.0. The van der Waals surface area contributed by atoms with Gasteiger partial charge in [0.05, 0.1) is 18.0 Å². The Morgan fingerprint density at radius 3 is 2.09 bits per heavy atom. The van der Waals surface area contributed by atoms with Crippen LogP contribution in [0.3, 0.4) is 0 Å². The number of nitro groups is 1. The molecule has 0 heterocycles. The predicted octanol–water partition coefficient (Wildman–Crippen LogP) is 3.81. The van der Waals surface area contributed by atoms with E-state index < -0.39 is 34.7 Å². The second kappa shape index (κ2) is 10.7. The van der Waals surface area contributed by atoms with Crippen molar-refractivity contribution in [2.24, 2.45) is 0 Å². The van der Waals surface area contributed by atoms with Crippen molar-refractivity contribution >= 4 is 23.5 Å². The highest BCUT2D eigenvalue weighted by molar-refractivity contribution is 5.97. The Morgan fingerprint density at radius 1 is 1.06 bits per heavy atom. The van der Waals surface area contributed by atoms with Gasteiger partial charge in [-0.15, -0.1) is 0 Å². The Kier molecular flexibility index (Phi) is 8.28. The molecule has 1 amide bonds. The van der Waals surface area contributed by atoms with E-state index in [0.717, 1.165) is 5.56 Å². The van der Waals surface area contributed by atoms with Gasteiger partial charge < -0.3 is 15.2 Å². The van der Waals surface area contributed by atoms with Gasteiger partial charge in [0.2, 0.25) is 0 Å². The van der Waals surface area contributed by atoms with E-state index in [9.17, 15) is 29.6 Å². The molecule has 0 fully saturated rings. The minimum atomic E-state index is -1.47. The van der Waals surface area contributed by atoms with E-state index in [4.69, 9.17) is 4.74 Å². The van der Waals surface area contributed by atoms with Crippen molar-refractivity contribution in [3.63, 3.8) is 0 Å². The topological polar surface area (TPSA) is 136 Å². The molecule has 0 bridgehead atoms. The number of nitrogens with zero attached hydrogens (tertiary/aromatic N) is 1.